The molecule has 4 nitrogen and oxygen atoms in total. The van der Waals surface area contributed by atoms with Crippen LogP contribution in [0, 0.1) is 0 Å². The number of aromatic nitrogens is 1. The van der Waals surface area contributed by atoms with Crippen molar-refractivity contribution < 1.29 is 4.79 Å². The van der Waals surface area contributed by atoms with Crippen molar-refractivity contribution in [3.63, 3.8) is 0 Å². The minimum Gasteiger partial charge on any atom is -0.334 e. The first kappa shape index (κ1) is 14.4. The van der Waals surface area contributed by atoms with Crippen molar-refractivity contribution in [3.05, 3.63) is 54.4 Å². The molecular formula is C15H17N3OS. The minimum atomic E-state index is -0.203. The number of nitrogens with zero attached hydrogens (tertiary/aromatic N) is 1. The molecule has 2 aromatic rings. The zero-order chi connectivity index (χ0) is 14.2. The van der Waals surface area contributed by atoms with Crippen LogP contribution >= 0.6 is 11.8 Å². The molecule has 0 aliphatic rings. The van der Waals surface area contributed by atoms with E-state index in [2.05, 4.69) is 22.5 Å². The zero-order valence-electron chi connectivity index (χ0n) is 11.3. The van der Waals surface area contributed by atoms with Crippen molar-refractivity contribution >= 4 is 23.5 Å². The fraction of sp³-hybridized carbons (Fsp3) is 0.200. The number of hydrogen-bond donors (Lipinski definition) is 2. The van der Waals surface area contributed by atoms with Gasteiger partial charge in [0.2, 0.25) is 0 Å². The van der Waals surface area contributed by atoms with Crippen LogP contribution in [0.4, 0.5) is 10.5 Å². The van der Waals surface area contributed by atoms with Crippen LogP contribution < -0.4 is 10.6 Å². The molecule has 0 aliphatic carbocycles. The number of urea groups is 1. The Morgan fingerprint density at radius 3 is 2.70 bits per heavy atom. The highest BCUT2D eigenvalue weighted by atomic mass is 32.2. The van der Waals surface area contributed by atoms with E-state index in [0.29, 0.717) is 6.54 Å². The Bertz CT molecular complexity index is 560. The summed E-state index contributed by atoms with van der Waals surface area (Å²) in [5.41, 5.74) is 1.86. The van der Waals surface area contributed by atoms with Crippen molar-refractivity contribution in [2.75, 3.05) is 11.1 Å². The van der Waals surface area contributed by atoms with Gasteiger partial charge in [-0.1, -0.05) is 19.1 Å². The second kappa shape index (κ2) is 7.55. The van der Waals surface area contributed by atoms with E-state index in [4.69, 9.17) is 0 Å². The number of anilines is 1. The van der Waals surface area contributed by atoms with Gasteiger partial charge in [-0.15, -0.1) is 11.8 Å². The number of para-hydroxylation sites is 1. The number of nitrogens with one attached hydrogen (secondary N) is 2. The molecule has 2 rings (SSSR count). The van der Waals surface area contributed by atoms with E-state index in [-0.39, 0.29) is 6.03 Å². The third kappa shape index (κ3) is 4.28. The number of rotatable bonds is 5. The van der Waals surface area contributed by atoms with Gasteiger partial charge < -0.3 is 10.6 Å². The lowest BCUT2D eigenvalue weighted by Gasteiger charge is -2.11. The molecule has 1 heterocycles. The van der Waals surface area contributed by atoms with Crippen LogP contribution in [0.5, 0.6) is 0 Å². The molecule has 0 spiro atoms. The molecule has 0 saturated heterocycles. The summed E-state index contributed by atoms with van der Waals surface area (Å²) >= 11 is 1.71. The topological polar surface area (TPSA) is 54.0 Å². The number of pyridine rings is 1. The van der Waals surface area contributed by atoms with Crippen molar-refractivity contribution in [1.82, 2.24) is 10.3 Å². The van der Waals surface area contributed by atoms with Gasteiger partial charge in [0.05, 0.1) is 5.69 Å². The summed E-state index contributed by atoms with van der Waals surface area (Å²) in [6.07, 6.45) is 3.42. The van der Waals surface area contributed by atoms with Crippen LogP contribution in [0.2, 0.25) is 0 Å². The molecular weight excluding hydrogens is 270 g/mol. The molecule has 0 saturated carbocycles. The normalized spacial score (nSPS) is 10.1. The second-order valence-electron chi connectivity index (χ2n) is 4.09. The first-order chi connectivity index (χ1) is 9.79. The maximum absolute atomic E-state index is 11.9. The van der Waals surface area contributed by atoms with Crippen LogP contribution in [0.1, 0.15) is 12.5 Å². The second-order valence-corrected chi connectivity index (χ2v) is 5.40. The Balaban J connectivity index is 1.91. The Morgan fingerprint density at radius 2 is 1.95 bits per heavy atom. The molecule has 20 heavy (non-hydrogen) atoms. The SMILES string of the molecule is CCSc1ccccc1NC(=O)NCc1ccncc1. The fourth-order valence-corrected chi connectivity index (χ4v) is 2.46. The molecule has 0 atom stereocenters. The predicted molar refractivity (Wildman–Crippen MR) is 82.9 cm³/mol. The highest BCUT2D eigenvalue weighted by molar-refractivity contribution is 7.99. The number of amides is 2. The quantitative estimate of drug-likeness (QED) is 0.827. The smallest absolute Gasteiger partial charge is 0.319 e. The van der Waals surface area contributed by atoms with Crippen molar-refractivity contribution in [3.8, 4) is 0 Å². The summed E-state index contributed by atoms with van der Waals surface area (Å²) in [5.74, 6) is 0.970. The molecule has 104 valence electrons. The summed E-state index contributed by atoms with van der Waals surface area (Å²) in [5, 5.41) is 5.71. The largest absolute Gasteiger partial charge is 0.334 e. The van der Waals surface area contributed by atoms with Gasteiger partial charge in [-0.05, 0) is 35.6 Å². The molecule has 0 radical (unpaired) electrons. The third-order valence-corrected chi connectivity index (χ3v) is 3.59. The first-order valence-corrected chi connectivity index (χ1v) is 7.43. The first-order valence-electron chi connectivity index (χ1n) is 6.45. The van der Waals surface area contributed by atoms with Gasteiger partial charge in [-0.3, -0.25) is 4.98 Å². The molecule has 2 N–H and O–H groups in total. The van der Waals surface area contributed by atoms with Gasteiger partial charge in [0.15, 0.2) is 0 Å². The van der Waals surface area contributed by atoms with Crippen molar-refractivity contribution in [1.29, 1.82) is 0 Å². The number of thioether (sulfide) groups is 1. The summed E-state index contributed by atoms with van der Waals surface area (Å²) in [7, 11) is 0. The van der Waals surface area contributed by atoms with E-state index in [1.54, 1.807) is 24.2 Å². The summed E-state index contributed by atoms with van der Waals surface area (Å²) < 4.78 is 0. The number of benzene rings is 1. The van der Waals surface area contributed by atoms with E-state index in [1.165, 1.54) is 0 Å². The van der Waals surface area contributed by atoms with Crippen LogP contribution in [0.15, 0.2) is 53.7 Å². The molecule has 0 fully saturated rings. The monoisotopic (exact) mass is 287 g/mol. The summed E-state index contributed by atoms with van der Waals surface area (Å²) in [4.78, 5) is 16.9. The predicted octanol–water partition coefficient (Wildman–Crippen LogP) is 3.52. The maximum atomic E-state index is 11.9. The van der Waals surface area contributed by atoms with Gasteiger partial charge >= 0.3 is 6.03 Å². The van der Waals surface area contributed by atoms with Crippen LogP contribution in [0.3, 0.4) is 0 Å². The number of carbonyl (C=O) groups is 1. The van der Waals surface area contributed by atoms with Gasteiger partial charge in [0.25, 0.3) is 0 Å². The maximum Gasteiger partial charge on any atom is 0.319 e. The molecule has 0 bridgehead atoms. The summed E-state index contributed by atoms with van der Waals surface area (Å²) in [6.45, 7) is 2.57. The molecule has 1 aromatic heterocycles. The summed E-state index contributed by atoms with van der Waals surface area (Å²) in [6, 6.07) is 11.3. The molecule has 0 unspecified atom stereocenters. The van der Waals surface area contributed by atoms with Crippen molar-refractivity contribution in [2.45, 2.75) is 18.4 Å². The molecule has 2 amide bonds. The van der Waals surface area contributed by atoms with Gasteiger partial charge in [0, 0.05) is 23.8 Å². The minimum absolute atomic E-state index is 0.203. The average Bonchev–Trinajstić information content (AvgIpc) is 2.49. The number of hydrogen-bond acceptors (Lipinski definition) is 3. The lowest BCUT2D eigenvalue weighted by Crippen LogP contribution is -2.28. The van der Waals surface area contributed by atoms with Crippen molar-refractivity contribution in [2.24, 2.45) is 0 Å². The van der Waals surface area contributed by atoms with E-state index in [1.807, 2.05) is 36.4 Å². The molecule has 1 aromatic carbocycles. The van der Waals surface area contributed by atoms with Crippen LogP contribution in [0.25, 0.3) is 0 Å². The fourth-order valence-electron chi connectivity index (χ4n) is 1.70. The third-order valence-electron chi connectivity index (χ3n) is 2.64. The molecule has 5 heteroatoms. The zero-order valence-corrected chi connectivity index (χ0v) is 12.1. The molecule has 0 aliphatic heterocycles. The Kier molecular flexibility index (Phi) is 5.43. The van der Waals surface area contributed by atoms with E-state index in [0.717, 1.165) is 21.9 Å². The lowest BCUT2D eigenvalue weighted by molar-refractivity contribution is 0.251. The van der Waals surface area contributed by atoms with Gasteiger partial charge in [-0.2, -0.15) is 0 Å². The van der Waals surface area contributed by atoms with Crippen LogP contribution in [-0.4, -0.2) is 16.8 Å². The Labute approximate surface area is 123 Å². The lowest BCUT2D eigenvalue weighted by atomic mass is 10.3. The Morgan fingerprint density at radius 1 is 1.20 bits per heavy atom. The van der Waals surface area contributed by atoms with E-state index >= 15 is 0 Å². The Hall–Kier alpha value is -2.01. The van der Waals surface area contributed by atoms with Gasteiger partial charge in [-0.25, -0.2) is 4.79 Å². The highest BCUT2D eigenvalue weighted by Gasteiger charge is 2.05. The van der Waals surface area contributed by atoms with E-state index < -0.39 is 0 Å². The average molecular weight is 287 g/mol. The van der Waals surface area contributed by atoms with Crippen LogP contribution in [-0.2, 0) is 6.54 Å². The van der Waals surface area contributed by atoms with E-state index in [9.17, 15) is 4.79 Å². The number of carbonyl (C=O) groups excluding carboxylic acids is 1. The van der Waals surface area contributed by atoms with Gasteiger partial charge in [0.1, 0.15) is 0 Å². The standard InChI is InChI=1S/C15H17N3OS/c1-2-20-14-6-4-3-5-13(14)18-15(19)17-11-12-7-9-16-10-8-12/h3-10H,2,11H2,1H3,(H2,17,18,19). The highest BCUT2D eigenvalue weighted by Crippen LogP contribution is 2.26.